The van der Waals surface area contributed by atoms with Crippen LogP contribution in [0.4, 0.5) is 5.82 Å². The average molecular weight is 331 g/mol. The summed E-state index contributed by atoms with van der Waals surface area (Å²) in [5.41, 5.74) is 1.80. The number of pyridine rings is 1. The first-order chi connectivity index (χ1) is 11.0. The number of piperazine rings is 1. The highest BCUT2D eigenvalue weighted by Crippen LogP contribution is 2.17. The first-order valence-corrected chi connectivity index (χ1v) is 9.36. The lowest BCUT2D eigenvalue weighted by atomic mass is 10.2. The quantitative estimate of drug-likeness (QED) is 0.860. The Balaban J connectivity index is 1.64. The molecule has 2 aromatic rings. The molecule has 0 bridgehead atoms. The first kappa shape index (κ1) is 16.0. The van der Waals surface area contributed by atoms with Crippen LogP contribution in [0.2, 0.25) is 0 Å². The molecular formula is C17H21N3O2S. The van der Waals surface area contributed by atoms with Crippen molar-refractivity contribution >= 4 is 15.8 Å². The third-order valence-electron chi connectivity index (χ3n) is 4.02. The van der Waals surface area contributed by atoms with E-state index in [0.29, 0.717) is 26.2 Å². The fourth-order valence-corrected chi connectivity index (χ4v) is 4.29. The van der Waals surface area contributed by atoms with Crippen molar-refractivity contribution < 1.29 is 8.42 Å². The number of nitrogens with zero attached hydrogens (tertiary/aromatic N) is 3. The standard InChI is InChI=1S/C17H21N3O2S/c1-15-6-5-9-17(18-15)19-10-12-20(13-11-19)23(21,22)14-16-7-3-2-4-8-16/h2-9H,10-14H2,1H3. The largest absolute Gasteiger partial charge is 0.354 e. The van der Waals surface area contributed by atoms with E-state index >= 15 is 0 Å². The monoisotopic (exact) mass is 331 g/mol. The second kappa shape index (κ2) is 6.68. The maximum atomic E-state index is 12.5. The second-order valence-electron chi connectivity index (χ2n) is 5.77. The number of anilines is 1. The van der Waals surface area contributed by atoms with E-state index in [9.17, 15) is 8.42 Å². The smallest absolute Gasteiger partial charge is 0.218 e. The molecule has 0 unspecified atom stereocenters. The van der Waals surface area contributed by atoms with Crippen LogP contribution in [0.1, 0.15) is 11.3 Å². The van der Waals surface area contributed by atoms with Gasteiger partial charge in [0.2, 0.25) is 10.0 Å². The van der Waals surface area contributed by atoms with E-state index in [0.717, 1.165) is 17.1 Å². The van der Waals surface area contributed by atoms with Gasteiger partial charge in [0.1, 0.15) is 5.82 Å². The summed E-state index contributed by atoms with van der Waals surface area (Å²) in [6.45, 7) is 4.31. The number of benzene rings is 1. The molecular weight excluding hydrogens is 310 g/mol. The van der Waals surface area contributed by atoms with Crippen LogP contribution in [0, 0.1) is 6.92 Å². The van der Waals surface area contributed by atoms with E-state index in [-0.39, 0.29) is 5.75 Å². The molecule has 2 heterocycles. The molecule has 1 aliphatic heterocycles. The summed E-state index contributed by atoms with van der Waals surface area (Å²) in [5.74, 6) is 0.987. The third-order valence-corrected chi connectivity index (χ3v) is 5.87. The summed E-state index contributed by atoms with van der Waals surface area (Å²) in [5, 5.41) is 0. The molecule has 3 rings (SSSR count). The molecule has 0 spiro atoms. The molecule has 1 aliphatic rings. The van der Waals surface area contributed by atoms with Crippen LogP contribution in [-0.2, 0) is 15.8 Å². The minimum absolute atomic E-state index is 0.0660. The van der Waals surface area contributed by atoms with E-state index in [4.69, 9.17) is 0 Å². The fraction of sp³-hybridized carbons (Fsp3) is 0.353. The van der Waals surface area contributed by atoms with Crippen LogP contribution in [0.3, 0.4) is 0 Å². The van der Waals surface area contributed by atoms with Crippen molar-refractivity contribution in [2.75, 3.05) is 31.1 Å². The topological polar surface area (TPSA) is 53.5 Å². The second-order valence-corrected chi connectivity index (χ2v) is 7.73. The molecule has 5 nitrogen and oxygen atoms in total. The van der Waals surface area contributed by atoms with E-state index in [1.54, 1.807) is 4.31 Å². The molecule has 0 aliphatic carbocycles. The zero-order valence-corrected chi connectivity index (χ0v) is 14.0. The maximum absolute atomic E-state index is 12.5. The van der Waals surface area contributed by atoms with Crippen LogP contribution >= 0.6 is 0 Å². The van der Waals surface area contributed by atoms with Crippen LogP contribution in [0.5, 0.6) is 0 Å². The predicted molar refractivity (Wildman–Crippen MR) is 91.8 cm³/mol. The molecule has 0 saturated carbocycles. The van der Waals surface area contributed by atoms with Crippen molar-refractivity contribution in [2.45, 2.75) is 12.7 Å². The van der Waals surface area contributed by atoms with E-state index < -0.39 is 10.0 Å². The van der Waals surface area contributed by atoms with Crippen molar-refractivity contribution in [3.05, 3.63) is 59.8 Å². The number of hydrogen-bond acceptors (Lipinski definition) is 4. The van der Waals surface area contributed by atoms with Gasteiger partial charge in [-0.25, -0.2) is 13.4 Å². The number of rotatable bonds is 4. The van der Waals surface area contributed by atoms with E-state index in [1.807, 2.05) is 55.5 Å². The van der Waals surface area contributed by atoms with Gasteiger partial charge >= 0.3 is 0 Å². The summed E-state index contributed by atoms with van der Waals surface area (Å²) in [6, 6.07) is 15.2. The Hall–Kier alpha value is -1.92. The SMILES string of the molecule is Cc1cccc(N2CCN(S(=O)(=O)Cc3ccccc3)CC2)n1. The first-order valence-electron chi connectivity index (χ1n) is 7.75. The van der Waals surface area contributed by atoms with Gasteiger partial charge in [-0.05, 0) is 24.6 Å². The number of aromatic nitrogens is 1. The lowest BCUT2D eigenvalue weighted by Crippen LogP contribution is -2.49. The van der Waals surface area contributed by atoms with Gasteiger partial charge in [-0.1, -0.05) is 36.4 Å². The zero-order valence-electron chi connectivity index (χ0n) is 13.2. The lowest BCUT2D eigenvalue weighted by molar-refractivity contribution is 0.383. The summed E-state index contributed by atoms with van der Waals surface area (Å²) in [6.07, 6.45) is 0. The minimum Gasteiger partial charge on any atom is -0.354 e. The van der Waals surface area contributed by atoms with Crippen molar-refractivity contribution in [1.82, 2.24) is 9.29 Å². The molecule has 122 valence electrons. The Morgan fingerprint density at radius 1 is 0.957 bits per heavy atom. The van der Waals surface area contributed by atoms with Crippen LogP contribution in [0.25, 0.3) is 0 Å². The van der Waals surface area contributed by atoms with Gasteiger partial charge in [0.15, 0.2) is 0 Å². The molecule has 1 aromatic carbocycles. The van der Waals surface area contributed by atoms with Gasteiger partial charge in [-0.2, -0.15) is 4.31 Å². The van der Waals surface area contributed by atoms with E-state index in [1.165, 1.54) is 0 Å². The molecule has 0 atom stereocenters. The normalized spacial score (nSPS) is 16.5. The average Bonchev–Trinajstić information content (AvgIpc) is 2.55. The zero-order chi connectivity index (χ0) is 16.3. The Bertz CT molecular complexity index is 754. The van der Waals surface area contributed by atoms with Gasteiger partial charge in [-0.15, -0.1) is 0 Å². The van der Waals surface area contributed by atoms with Crippen LogP contribution in [-0.4, -0.2) is 43.9 Å². The molecule has 0 radical (unpaired) electrons. The van der Waals surface area contributed by atoms with Gasteiger partial charge in [-0.3, -0.25) is 0 Å². The molecule has 1 saturated heterocycles. The third kappa shape index (κ3) is 3.89. The molecule has 23 heavy (non-hydrogen) atoms. The highest BCUT2D eigenvalue weighted by Gasteiger charge is 2.27. The number of hydrogen-bond donors (Lipinski definition) is 0. The Labute approximate surface area is 137 Å². The summed E-state index contributed by atoms with van der Waals surface area (Å²) >= 11 is 0. The van der Waals surface area contributed by atoms with Gasteiger partial charge in [0.05, 0.1) is 5.75 Å². The molecule has 0 N–H and O–H groups in total. The van der Waals surface area contributed by atoms with E-state index in [2.05, 4.69) is 9.88 Å². The Morgan fingerprint density at radius 2 is 1.65 bits per heavy atom. The highest BCUT2D eigenvalue weighted by molar-refractivity contribution is 7.88. The molecule has 0 amide bonds. The van der Waals surface area contributed by atoms with Crippen molar-refractivity contribution in [1.29, 1.82) is 0 Å². The van der Waals surface area contributed by atoms with Crippen molar-refractivity contribution in [3.8, 4) is 0 Å². The number of sulfonamides is 1. The van der Waals surface area contributed by atoms with Crippen molar-refractivity contribution in [3.63, 3.8) is 0 Å². The highest BCUT2D eigenvalue weighted by atomic mass is 32.2. The summed E-state index contributed by atoms with van der Waals surface area (Å²) in [7, 11) is -3.26. The summed E-state index contributed by atoms with van der Waals surface area (Å²) in [4.78, 5) is 6.65. The summed E-state index contributed by atoms with van der Waals surface area (Å²) < 4.78 is 26.7. The van der Waals surface area contributed by atoms with Gasteiger partial charge in [0.25, 0.3) is 0 Å². The fourth-order valence-electron chi connectivity index (χ4n) is 2.78. The predicted octanol–water partition coefficient (Wildman–Crippen LogP) is 2.04. The molecule has 6 heteroatoms. The minimum atomic E-state index is -3.26. The Kier molecular flexibility index (Phi) is 4.63. The Morgan fingerprint density at radius 3 is 2.30 bits per heavy atom. The molecule has 1 fully saturated rings. The van der Waals surface area contributed by atoms with Gasteiger partial charge < -0.3 is 4.90 Å². The van der Waals surface area contributed by atoms with Gasteiger partial charge in [0, 0.05) is 31.9 Å². The number of aryl methyl sites for hydroxylation is 1. The maximum Gasteiger partial charge on any atom is 0.218 e. The van der Waals surface area contributed by atoms with Crippen LogP contribution in [0.15, 0.2) is 48.5 Å². The van der Waals surface area contributed by atoms with Crippen molar-refractivity contribution in [2.24, 2.45) is 0 Å². The lowest BCUT2D eigenvalue weighted by Gasteiger charge is -2.34. The molecule has 1 aromatic heterocycles. The van der Waals surface area contributed by atoms with Crippen LogP contribution < -0.4 is 4.90 Å².